The van der Waals surface area contributed by atoms with E-state index in [0.717, 1.165) is 19.6 Å². The van der Waals surface area contributed by atoms with Crippen molar-refractivity contribution in [2.75, 3.05) is 26.4 Å². The number of carbonyl (C=O) groups is 1. The predicted molar refractivity (Wildman–Crippen MR) is 72.5 cm³/mol. The first kappa shape index (κ1) is 22.5. The fraction of sp³-hybridized carbons (Fsp3) is 0.923. The van der Waals surface area contributed by atoms with E-state index in [1.807, 2.05) is 27.7 Å². The van der Waals surface area contributed by atoms with Gasteiger partial charge in [0.1, 0.15) is 0 Å². The van der Waals surface area contributed by atoms with Crippen molar-refractivity contribution in [2.45, 2.75) is 53.6 Å². The van der Waals surface area contributed by atoms with Crippen LogP contribution in [0.15, 0.2) is 0 Å². The predicted octanol–water partition coefficient (Wildman–Crippen LogP) is 1.75. The lowest BCUT2D eigenvalue weighted by Crippen LogP contribution is -2.03. The van der Waals surface area contributed by atoms with Crippen LogP contribution in [0.1, 0.15) is 47.5 Å². The summed E-state index contributed by atoms with van der Waals surface area (Å²) in [4.78, 5) is 10.4. The van der Waals surface area contributed by atoms with Gasteiger partial charge < -0.3 is 19.7 Å². The molecular formula is C13H30O5. The van der Waals surface area contributed by atoms with Crippen molar-refractivity contribution in [3.63, 3.8) is 0 Å². The molecule has 5 heteroatoms. The second kappa shape index (κ2) is 21.6. The normalized spacial score (nSPS) is 10.4. The molecule has 0 aromatic carbocycles. The third kappa shape index (κ3) is 36.2. The first-order valence-corrected chi connectivity index (χ1v) is 6.52. The summed E-state index contributed by atoms with van der Waals surface area (Å²) >= 11 is 0. The van der Waals surface area contributed by atoms with Gasteiger partial charge in [-0.15, -0.1) is 0 Å². The number of aliphatic hydroxyl groups excluding tert-OH is 2. The van der Waals surface area contributed by atoms with Gasteiger partial charge in [0.2, 0.25) is 0 Å². The van der Waals surface area contributed by atoms with Crippen molar-refractivity contribution >= 4 is 5.97 Å². The van der Waals surface area contributed by atoms with Crippen LogP contribution in [0.4, 0.5) is 0 Å². The fourth-order valence-electron chi connectivity index (χ4n) is 0.641. The van der Waals surface area contributed by atoms with E-state index < -0.39 is 6.10 Å². The smallest absolute Gasteiger partial charge is 0.305 e. The van der Waals surface area contributed by atoms with E-state index in [-0.39, 0.29) is 12.6 Å². The zero-order chi connectivity index (χ0) is 14.8. The first-order valence-electron chi connectivity index (χ1n) is 6.52. The Labute approximate surface area is 111 Å². The molecule has 2 N–H and O–H groups in total. The van der Waals surface area contributed by atoms with Crippen LogP contribution >= 0.6 is 0 Å². The van der Waals surface area contributed by atoms with Crippen LogP contribution in [0.3, 0.4) is 0 Å². The van der Waals surface area contributed by atoms with Crippen molar-refractivity contribution in [3.8, 4) is 0 Å². The molecule has 0 fully saturated rings. The molecule has 5 nitrogen and oxygen atoms in total. The topological polar surface area (TPSA) is 76.0 Å². The number of carbonyl (C=O) groups excluding carboxylic acids is 1. The van der Waals surface area contributed by atoms with Gasteiger partial charge in [0.25, 0.3) is 0 Å². The maximum absolute atomic E-state index is 10.4. The summed E-state index contributed by atoms with van der Waals surface area (Å²) in [7, 11) is 0. The highest BCUT2D eigenvalue weighted by atomic mass is 16.5. The van der Waals surface area contributed by atoms with E-state index in [9.17, 15) is 4.79 Å². The summed E-state index contributed by atoms with van der Waals surface area (Å²) in [6.07, 6.45) is 0.863. The molecular weight excluding hydrogens is 236 g/mol. The molecule has 0 aromatic rings. The molecule has 0 aliphatic heterocycles. The summed E-state index contributed by atoms with van der Waals surface area (Å²) in [6, 6.07) is 0. The molecule has 0 spiro atoms. The van der Waals surface area contributed by atoms with Gasteiger partial charge in [-0.05, 0) is 34.1 Å². The van der Waals surface area contributed by atoms with Crippen molar-refractivity contribution in [2.24, 2.45) is 0 Å². The largest absolute Gasteiger partial charge is 0.466 e. The molecule has 18 heavy (non-hydrogen) atoms. The molecule has 1 atom stereocenters. The zero-order valence-electron chi connectivity index (χ0n) is 12.4. The second-order valence-corrected chi connectivity index (χ2v) is 3.37. The lowest BCUT2D eigenvalue weighted by molar-refractivity contribution is -0.143. The van der Waals surface area contributed by atoms with E-state index in [1.54, 1.807) is 0 Å². The molecule has 0 saturated heterocycles. The van der Waals surface area contributed by atoms with Crippen LogP contribution in [0, 0.1) is 0 Å². The molecule has 0 bridgehead atoms. The Hall–Kier alpha value is -0.650. The van der Waals surface area contributed by atoms with Crippen molar-refractivity contribution in [1.82, 2.24) is 0 Å². The molecule has 0 radical (unpaired) electrons. The van der Waals surface area contributed by atoms with Crippen LogP contribution in [0.25, 0.3) is 0 Å². The maximum Gasteiger partial charge on any atom is 0.305 e. The van der Waals surface area contributed by atoms with Crippen molar-refractivity contribution in [3.05, 3.63) is 0 Å². The number of rotatable bonds is 6. The minimum Gasteiger partial charge on any atom is -0.466 e. The number of hydrogen-bond acceptors (Lipinski definition) is 5. The van der Waals surface area contributed by atoms with Gasteiger partial charge in [-0.3, -0.25) is 4.79 Å². The fourth-order valence-corrected chi connectivity index (χ4v) is 0.641. The Morgan fingerprint density at radius 3 is 1.72 bits per heavy atom. The van der Waals surface area contributed by atoms with Crippen molar-refractivity contribution < 1.29 is 24.5 Å². The van der Waals surface area contributed by atoms with Crippen molar-refractivity contribution in [1.29, 1.82) is 0 Å². The monoisotopic (exact) mass is 266 g/mol. The molecule has 0 aromatic heterocycles. The van der Waals surface area contributed by atoms with Crippen LogP contribution in [-0.4, -0.2) is 48.7 Å². The highest BCUT2D eigenvalue weighted by Gasteiger charge is 1.95. The molecule has 0 saturated carbocycles. The first-order chi connectivity index (χ1) is 8.49. The van der Waals surface area contributed by atoms with Crippen LogP contribution in [-0.2, 0) is 14.3 Å². The molecule has 0 rings (SSSR count). The summed E-state index contributed by atoms with van der Waals surface area (Å²) in [6.45, 7) is 11.3. The Kier molecular flexibility index (Phi) is 27.0. The van der Waals surface area contributed by atoms with Crippen LogP contribution < -0.4 is 0 Å². The van der Waals surface area contributed by atoms with E-state index in [4.69, 9.17) is 14.9 Å². The quantitative estimate of drug-likeness (QED) is 0.716. The highest BCUT2D eigenvalue weighted by molar-refractivity contribution is 5.69. The van der Waals surface area contributed by atoms with Gasteiger partial charge in [0.05, 0.1) is 19.3 Å². The van der Waals surface area contributed by atoms with E-state index in [0.29, 0.717) is 13.0 Å². The van der Waals surface area contributed by atoms with Gasteiger partial charge in [-0.25, -0.2) is 0 Å². The third-order valence-corrected chi connectivity index (χ3v) is 1.43. The Bertz CT molecular complexity index is 138. The van der Waals surface area contributed by atoms with Crippen LogP contribution in [0.5, 0.6) is 0 Å². The van der Waals surface area contributed by atoms with Gasteiger partial charge in [-0.1, -0.05) is 6.92 Å². The minimum atomic E-state index is -0.560. The molecule has 1 unspecified atom stereocenters. The zero-order valence-corrected chi connectivity index (χ0v) is 12.4. The number of aliphatic hydroxyl groups is 2. The number of hydrogen-bond donors (Lipinski definition) is 2. The molecule has 0 heterocycles. The highest BCUT2D eigenvalue weighted by Crippen LogP contribution is 1.89. The summed E-state index contributed by atoms with van der Waals surface area (Å²) in [5.41, 5.74) is 0. The molecule has 0 aliphatic rings. The summed E-state index contributed by atoms with van der Waals surface area (Å²) in [5.74, 6) is -0.0880. The number of ether oxygens (including phenoxy) is 2. The second-order valence-electron chi connectivity index (χ2n) is 3.37. The molecule has 0 aliphatic carbocycles. The lowest BCUT2D eigenvalue weighted by Gasteiger charge is -1.96. The van der Waals surface area contributed by atoms with Gasteiger partial charge in [0, 0.05) is 19.6 Å². The van der Waals surface area contributed by atoms with Gasteiger partial charge in [0.15, 0.2) is 0 Å². The Balaban J connectivity index is -0.000000197. The Morgan fingerprint density at radius 2 is 1.56 bits per heavy atom. The number of esters is 1. The molecule has 0 amide bonds. The average molecular weight is 266 g/mol. The standard InChI is InChI=1S/C6H12O2.C4H10O.C3H8O2/c1-3-5-6(7)8-4-2;1-3-5-4-2;1-3(5)2-4/h3-5H2,1-2H3;3-4H2,1-2H3;3-5H,2H2,1H3. The van der Waals surface area contributed by atoms with Crippen LogP contribution in [0.2, 0.25) is 0 Å². The summed E-state index contributed by atoms with van der Waals surface area (Å²) < 4.78 is 9.48. The SMILES string of the molecule is CC(O)CO.CCCC(=O)OCC.CCOCC. The lowest BCUT2D eigenvalue weighted by atomic mass is 10.3. The third-order valence-electron chi connectivity index (χ3n) is 1.43. The van der Waals surface area contributed by atoms with Gasteiger partial charge in [-0.2, -0.15) is 0 Å². The average Bonchev–Trinajstić information content (AvgIpc) is 2.32. The molecule has 112 valence electrons. The maximum atomic E-state index is 10.4. The van der Waals surface area contributed by atoms with E-state index in [2.05, 4.69) is 4.74 Å². The Morgan fingerprint density at radius 1 is 1.11 bits per heavy atom. The van der Waals surface area contributed by atoms with E-state index >= 15 is 0 Å². The minimum absolute atomic E-state index is 0.0880. The van der Waals surface area contributed by atoms with E-state index in [1.165, 1.54) is 6.92 Å². The van der Waals surface area contributed by atoms with Gasteiger partial charge >= 0.3 is 5.97 Å². The summed E-state index contributed by atoms with van der Waals surface area (Å²) in [5, 5.41) is 16.0.